The zero-order valence-electron chi connectivity index (χ0n) is 21.1. The van der Waals surface area contributed by atoms with Gasteiger partial charge in [-0.25, -0.2) is 0 Å². The summed E-state index contributed by atoms with van der Waals surface area (Å²) in [4.78, 5) is 16.7. The van der Waals surface area contributed by atoms with E-state index in [1.165, 1.54) is 44.9 Å². The number of ether oxygens (including phenoxy) is 1. The summed E-state index contributed by atoms with van der Waals surface area (Å²) in [5.41, 5.74) is 1.57. The van der Waals surface area contributed by atoms with Crippen molar-refractivity contribution in [3.63, 3.8) is 0 Å². The molecule has 34 heavy (non-hydrogen) atoms. The fourth-order valence-corrected chi connectivity index (χ4v) is 6.01. The molecule has 0 aromatic carbocycles. The third kappa shape index (κ3) is 4.35. The Morgan fingerprint density at radius 2 is 1.79 bits per heavy atom. The molecule has 1 N–H and O–H groups in total. The van der Waals surface area contributed by atoms with Crippen LogP contribution >= 0.6 is 0 Å². The smallest absolute Gasteiger partial charge is 0.236 e. The van der Waals surface area contributed by atoms with E-state index in [4.69, 9.17) is 14.7 Å². The van der Waals surface area contributed by atoms with Crippen molar-refractivity contribution in [1.82, 2.24) is 19.5 Å². The van der Waals surface area contributed by atoms with E-state index in [1.807, 2.05) is 0 Å². The molecule has 3 atom stereocenters. The first kappa shape index (κ1) is 23.3. The number of hydrogen-bond acceptors (Lipinski definition) is 7. The van der Waals surface area contributed by atoms with Gasteiger partial charge in [0.1, 0.15) is 11.6 Å². The number of anilines is 2. The molecule has 184 valence electrons. The normalized spacial score (nSPS) is 27.7. The van der Waals surface area contributed by atoms with Gasteiger partial charge in [0.05, 0.1) is 19.3 Å². The monoisotopic (exact) mass is 465 g/mol. The van der Waals surface area contributed by atoms with Crippen molar-refractivity contribution >= 4 is 22.9 Å². The van der Waals surface area contributed by atoms with Crippen molar-refractivity contribution < 1.29 is 4.74 Å². The van der Waals surface area contributed by atoms with Gasteiger partial charge >= 0.3 is 0 Å². The van der Waals surface area contributed by atoms with Crippen molar-refractivity contribution in [2.24, 2.45) is 17.8 Å². The molecule has 0 spiro atoms. The van der Waals surface area contributed by atoms with Crippen LogP contribution in [-0.4, -0.2) is 51.4 Å². The predicted octanol–water partition coefficient (Wildman–Crippen LogP) is 4.91. The van der Waals surface area contributed by atoms with E-state index in [0.29, 0.717) is 36.7 Å². The topological polar surface area (TPSA) is 91.9 Å². The van der Waals surface area contributed by atoms with Gasteiger partial charge in [0.15, 0.2) is 11.5 Å². The number of aromatic nitrogens is 4. The minimum Gasteiger partial charge on any atom is -0.377 e. The van der Waals surface area contributed by atoms with Gasteiger partial charge in [-0.3, -0.25) is 0 Å². The number of morpholine rings is 1. The lowest BCUT2D eigenvalue weighted by molar-refractivity contribution is 0.0972. The second-order valence-electron chi connectivity index (χ2n) is 11.0. The molecule has 3 fully saturated rings. The fraction of sp³-hybridized carbons (Fsp3) is 0.769. The molecule has 1 unspecified atom stereocenters. The molecule has 0 amide bonds. The summed E-state index contributed by atoms with van der Waals surface area (Å²) in [6, 6.07) is 2.97. The van der Waals surface area contributed by atoms with Crippen molar-refractivity contribution in [3.8, 4) is 6.07 Å². The lowest BCUT2D eigenvalue weighted by Gasteiger charge is -2.38. The Bertz CT molecular complexity index is 1050. The van der Waals surface area contributed by atoms with E-state index < -0.39 is 0 Å². The maximum Gasteiger partial charge on any atom is 0.236 e. The first-order valence-electron chi connectivity index (χ1n) is 13.3. The Kier molecular flexibility index (Phi) is 6.65. The largest absolute Gasteiger partial charge is 0.377 e. The number of nitrogens with one attached hydrogen (secondary N) is 1. The Morgan fingerprint density at radius 3 is 2.44 bits per heavy atom. The molecule has 3 aliphatic rings. The van der Waals surface area contributed by atoms with Crippen LogP contribution in [0.2, 0.25) is 0 Å². The third-order valence-corrected chi connectivity index (χ3v) is 8.62. The minimum absolute atomic E-state index is 0.182. The Hall–Kier alpha value is -2.40. The maximum atomic E-state index is 9.66. The zero-order chi connectivity index (χ0) is 23.8. The second-order valence-corrected chi connectivity index (χ2v) is 11.0. The lowest BCUT2D eigenvalue weighted by Crippen LogP contribution is -2.45. The summed E-state index contributed by atoms with van der Waals surface area (Å²) >= 11 is 0. The first-order valence-corrected chi connectivity index (χ1v) is 13.3. The minimum atomic E-state index is 0.182. The van der Waals surface area contributed by atoms with Crippen molar-refractivity contribution in [2.45, 2.75) is 90.8 Å². The molecular weight excluding hydrogens is 426 g/mol. The van der Waals surface area contributed by atoms with Crippen molar-refractivity contribution in [1.29, 1.82) is 5.26 Å². The molecule has 0 bridgehead atoms. The average molecular weight is 466 g/mol. The van der Waals surface area contributed by atoms with Gasteiger partial charge in [0.25, 0.3) is 0 Å². The van der Waals surface area contributed by atoms with Gasteiger partial charge < -0.3 is 19.5 Å². The van der Waals surface area contributed by atoms with E-state index in [9.17, 15) is 5.26 Å². The van der Waals surface area contributed by atoms with E-state index in [1.54, 1.807) is 0 Å². The Balaban J connectivity index is 1.63. The van der Waals surface area contributed by atoms with Crippen LogP contribution in [0, 0.1) is 29.1 Å². The summed E-state index contributed by atoms with van der Waals surface area (Å²) in [5.74, 6) is 3.95. The summed E-state index contributed by atoms with van der Waals surface area (Å²) in [5, 5.41) is 13.4. The average Bonchev–Trinajstić information content (AvgIpc) is 3.17. The quantitative estimate of drug-likeness (QED) is 0.648. The number of nitriles is 1. The molecule has 8 heteroatoms. The SMILES string of the molecule is CC([C@H]1CC[C@H](C)CC1)n1c(N2CCOC[C@H]2C)nc2nc(C#N)nc(N[C@H](C)C3CCC3)c21. The Labute approximate surface area is 203 Å². The number of hydrogen-bond donors (Lipinski definition) is 1. The number of fused-ring (bicyclic) bond motifs is 1. The van der Waals surface area contributed by atoms with E-state index in [0.717, 1.165) is 29.7 Å². The van der Waals surface area contributed by atoms with Gasteiger partial charge in [-0.2, -0.15) is 20.2 Å². The van der Waals surface area contributed by atoms with Gasteiger partial charge in [-0.15, -0.1) is 0 Å². The number of rotatable bonds is 6. The lowest BCUT2D eigenvalue weighted by atomic mass is 9.79. The van der Waals surface area contributed by atoms with Crippen LogP contribution in [0.1, 0.15) is 84.5 Å². The highest BCUT2D eigenvalue weighted by molar-refractivity contribution is 5.86. The van der Waals surface area contributed by atoms with Crippen molar-refractivity contribution in [2.75, 3.05) is 30.0 Å². The summed E-state index contributed by atoms with van der Waals surface area (Å²) in [6.45, 7) is 11.3. The summed E-state index contributed by atoms with van der Waals surface area (Å²) in [7, 11) is 0. The van der Waals surface area contributed by atoms with Crippen LogP contribution in [0.3, 0.4) is 0 Å². The standard InChI is InChI=1S/C26H39N7O/c1-16-8-10-21(11-9-16)19(4)33-23-24(28-18(3)20-6-5-7-20)29-22(14-27)30-25(23)31-26(33)32-12-13-34-15-17(32)2/h16-21H,5-13,15H2,1-4H3,(H,28,29,30)/t16-,17-,18-,19?,21-/m1/s1. The van der Waals surface area contributed by atoms with E-state index in [-0.39, 0.29) is 17.9 Å². The molecule has 5 rings (SSSR count). The molecule has 0 radical (unpaired) electrons. The molecule has 8 nitrogen and oxygen atoms in total. The molecule has 3 heterocycles. The molecule has 2 aliphatic carbocycles. The van der Waals surface area contributed by atoms with Gasteiger partial charge in [-0.05, 0) is 64.2 Å². The van der Waals surface area contributed by atoms with Crippen molar-refractivity contribution in [3.05, 3.63) is 5.82 Å². The molecular formula is C26H39N7O. The van der Waals surface area contributed by atoms with E-state index in [2.05, 4.69) is 53.5 Å². The highest BCUT2D eigenvalue weighted by Crippen LogP contribution is 2.41. The maximum absolute atomic E-state index is 9.66. The molecule has 2 aromatic heterocycles. The molecule has 2 aromatic rings. The number of imidazole rings is 1. The third-order valence-electron chi connectivity index (χ3n) is 8.62. The van der Waals surface area contributed by atoms with Gasteiger partial charge in [-0.1, -0.05) is 26.2 Å². The highest BCUT2D eigenvalue weighted by atomic mass is 16.5. The molecule has 1 saturated heterocycles. The van der Waals surface area contributed by atoms with Crippen LogP contribution in [0.25, 0.3) is 11.2 Å². The molecule has 2 saturated carbocycles. The van der Waals surface area contributed by atoms with Gasteiger partial charge in [0.2, 0.25) is 11.8 Å². The first-order chi connectivity index (χ1) is 16.5. The molecule has 1 aliphatic heterocycles. The van der Waals surface area contributed by atoms with Gasteiger partial charge in [0, 0.05) is 18.6 Å². The Morgan fingerprint density at radius 1 is 1.03 bits per heavy atom. The van der Waals surface area contributed by atoms with E-state index >= 15 is 0 Å². The van der Waals surface area contributed by atoms with Crippen LogP contribution in [-0.2, 0) is 4.74 Å². The van der Waals surface area contributed by atoms with Crippen LogP contribution in [0.15, 0.2) is 0 Å². The summed E-state index contributed by atoms with van der Waals surface area (Å²) in [6.07, 6.45) is 8.83. The second kappa shape index (κ2) is 9.69. The fourth-order valence-electron chi connectivity index (χ4n) is 6.01. The predicted molar refractivity (Wildman–Crippen MR) is 134 cm³/mol. The van der Waals surface area contributed by atoms with Crippen LogP contribution in [0.4, 0.5) is 11.8 Å². The number of nitrogens with zero attached hydrogens (tertiary/aromatic N) is 6. The highest BCUT2D eigenvalue weighted by Gasteiger charge is 2.34. The van der Waals surface area contributed by atoms with Crippen LogP contribution in [0.5, 0.6) is 0 Å². The zero-order valence-corrected chi connectivity index (χ0v) is 21.1. The van der Waals surface area contributed by atoms with Crippen LogP contribution < -0.4 is 10.2 Å². The summed E-state index contributed by atoms with van der Waals surface area (Å²) < 4.78 is 8.13.